The lowest BCUT2D eigenvalue weighted by atomic mass is 9.88. The average Bonchev–Trinajstić information content (AvgIpc) is 2.63. The van der Waals surface area contributed by atoms with E-state index in [4.69, 9.17) is 16.3 Å². The fourth-order valence-corrected chi connectivity index (χ4v) is 4.27. The Morgan fingerprint density at radius 3 is 2.69 bits per heavy atom. The second kappa shape index (κ2) is 8.27. The smallest absolute Gasteiger partial charge is 0.255 e. The van der Waals surface area contributed by atoms with Crippen molar-refractivity contribution in [1.29, 1.82) is 0 Å². The molecule has 1 aromatic rings. The normalized spacial score (nSPS) is 23.0. The molecule has 0 saturated carbocycles. The summed E-state index contributed by atoms with van der Waals surface area (Å²) in [4.78, 5) is 26.7. The van der Waals surface area contributed by atoms with Gasteiger partial charge in [-0.25, -0.2) is 0 Å². The molecule has 6 nitrogen and oxygen atoms in total. The maximum absolute atomic E-state index is 12.9. The number of carbonyl (C=O) groups excluding carboxylic acids is 2. The molecule has 3 rings (SSSR count). The summed E-state index contributed by atoms with van der Waals surface area (Å²) in [7, 11) is 1.50. The van der Waals surface area contributed by atoms with Crippen LogP contribution in [0.3, 0.4) is 0 Å². The molecule has 2 aliphatic heterocycles. The summed E-state index contributed by atoms with van der Waals surface area (Å²) in [5, 5.41) is 6.15. The first-order valence-corrected chi connectivity index (χ1v) is 9.57. The summed E-state index contributed by atoms with van der Waals surface area (Å²) < 4.78 is 5.36. The molecule has 2 N–H and O–H groups in total. The lowest BCUT2D eigenvalue weighted by molar-refractivity contribution is -0.114. The van der Waals surface area contributed by atoms with Crippen molar-refractivity contribution in [2.75, 3.05) is 25.5 Å². The molecule has 2 atom stereocenters. The van der Waals surface area contributed by atoms with Gasteiger partial charge in [0, 0.05) is 25.1 Å². The third-order valence-corrected chi connectivity index (χ3v) is 5.56. The van der Waals surface area contributed by atoms with Crippen LogP contribution >= 0.6 is 11.6 Å². The standard InChI is InChI=1S/C19H26ClN3O3/c1-12(24)21-16-11-18(26-2)13(10-14(16)20)19(25)22-15-6-5-9-23-8-4-3-7-17(15)23/h10-11,15,17H,3-9H2,1-2H3,(H,21,24)(H,22,25). The summed E-state index contributed by atoms with van der Waals surface area (Å²) in [6, 6.07) is 3.71. The Morgan fingerprint density at radius 2 is 1.96 bits per heavy atom. The second-order valence-electron chi connectivity index (χ2n) is 7.03. The minimum Gasteiger partial charge on any atom is -0.496 e. The van der Waals surface area contributed by atoms with Crippen LogP contribution in [-0.4, -0.2) is 49.0 Å². The van der Waals surface area contributed by atoms with Crippen LogP contribution in [0.2, 0.25) is 5.02 Å². The van der Waals surface area contributed by atoms with Crippen molar-refractivity contribution in [3.05, 3.63) is 22.7 Å². The zero-order valence-electron chi connectivity index (χ0n) is 15.3. The lowest BCUT2D eigenvalue weighted by Crippen LogP contribution is -2.56. The molecule has 0 radical (unpaired) electrons. The van der Waals surface area contributed by atoms with Crippen LogP contribution in [0.25, 0.3) is 0 Å². The third kappa shape index (κ3) is 4.13. The zero-order valence-corrected chi connectivity index (χ0v) is 16.1. The molecule has 2 amide bonds. The topological polar surface area (TPSA) is 70.7 Å². The summed E-state index contributed by atoms with van der Waals surface area (Å²) in [6.45, 7) is 3.65. The molecule has 2 unspecified atom stereocenters. The van der Waals surface area contributed by atoms with Crippen molar-refractivity contribution < 1.29 is 14.3 Å². The number of hydrogen-bond acceptors (Lipinski definition) is 4. The number of methoxy groups -OCH3 is 1. The van der Waals surface area contributed by atoms with Crippen molar-refractivity contribution in [3.63, 3.8) is 0 Å². The van der Waals surface area contributed by atoms with E-state index in [-0.39, 0.29) is 17.9 Å². The largest absolute Gasteiger partial charge is 0.496 e. The molecule has 0 bridgehead atoms. The van der Waals surface area contributed by atoms with E-state index >= 15 is 0 Å². The minimum absolute atomic E-state index is 0.148. The highest BCUT2D eigenvalue weighted by atomic mass is 35.5. The molecular formula is C19H26ClN3O3. The molecule has 7 heteroatoms. The van der Waals surface area contributed by atoms with E-state index in [1.54, 1.807) is 12.1 Å². The van der Waals surface area contributed by atoms with Crippen LogP contribution in [0.15, 0.2) is 12.1 Å². The summed E-state index contributed by atoms with van der Waals surface area (Å²) in [5.41, 5.74) is 0.822. The number of halogens is 1. The Hall–Kier alpha value is -1.79. The molecule has 2 saturated heterocycles. The zero-order chi connectivity index (χ0) is 18.7. The maximum Gasteiger partial charge on any atom is 0.255 e. The number of ether oxygens (including phenoxy) is 1. The van der Waals surface area contributed by atoms with Crippen LogP contribution in [-0.2, 0) is 4.79 Å². The molecule has 2 fully saturated rings. The minimum atomic E-state index is -0.231. The van der Waals surface area contributed by atoms with Crippen LogP contribution in [0.1, 0.15) is 49.4 Å². The van der Waals surface area contributed by atoms with Crippen molar-refractivity contribution in [3.8, 4) is 5.75 Å². The first-order chi connectivity index (χ1) is 12.5. The fourth-order valence-electron chi connectivity index (χ4n) is 4.06. The van der Waals surface area contributed by atoms with Crippen LogP contribution < -0.4 is 15.4 Å². The Labute approximate surface area is 159 Å². The van der Waals surface area contributed by atoms with Gasteiger partial charge in [0.1, 0.15) is 5.75 Å². The Kier molecular flexibility index (Phi) is 6.04. The quantitative estimate of drug-likeness (QED) is 0.843. The summed E-state index contributed by atoms with van der Waals surface area (Å²) >= 11 is 6.24. The van der Waals surface area contributed by atoms with E-state index < -0.39 is 0 Å². The van der Waals surface area contributed by atoms with Crippen LogP contribution in [0, 0.1) is 0 Å². The summed E-state index contributed by atoms with van der Waals surface area (Å²) in [5.74, 6) is -0.0201. The van der Waals surface area contributed by atoms with E-state index in [2.05, 4.69) is 15.5 Å². The number of amides is 2. The predicted octanol–water partition coefficient (Wildman–Crippen LogP) is 3.05. The van der Waals surface area contributed by atoms with Gasteiger partial charge in [-0.2, -0.15) is 0 Å². The number of nitrogens with one attached hydrogen (secondary N) is 2. The number of fused-ring (bicyclic) bond motifs is 1. The summed E-state index contributed by atoms with van der Waals surface area (Å²) in [6.07, 6.45) is 5.68. The Balaban J connectivity index is 1.78. The van der Waals surface area contributed by atoms with Gasteiger partial charge in [0.25, 0.3) is 5.91 Å². The van der Waals surface area contributed by atoms with Gasteiger partial charge in [0.05, 0.1) is 23.4 Å². The molecular weight excluding hydrogens is 354 g/mol. The fraction of sp³-hybridized carbons (Fsp3) is 0.579. The number of nitrogens with zero attached hydrogens (tertiary/aromatic N) is 1. The van der Waals surface area contributed by atoms with E-state index in [9.17, 15) is 9.59 Å². The number of piperidine rings is 2. The maximum atomic E-state index is 12.9. The molecule has 2 heterocycles. The van der Waals surface area contributed by atoms with E-state index in [1.807, 2.05) is 0 Å². The van der Waals surface area contributed by atoms with E-state index in [0.29, 0.717) is 28.1 Å². The second-order valence-corrected chi connectivity index (χ2v) is 7.44. The molecule has 1 aromatic carbocycles. The van der Waals surface area contributed by atoms with Crippen molar-refractivity contribution in [2.24, 2.45) is 0 Å². The monoisotopic (exact) mass is 379 g/mol. The lowest BCUT2D eigenvalue weighted by Gasteiger charge is -2.44. The van der Waals surface area contributed by atoms with Crippen molar-refractivity contribution in [1.82, 2.24) is 10.2 Å². The SMILES string of the molecule is COc1cc(NC(C)=O)c(Cl)cc1C(=O)NC1CCCN2CCCCC12. The number of benzene rings is 1. The number of hydrogen-bond donors (Lipinski definition) is 2. The van der Waals surface area contributed by atoms with Gasteiger partial charge in [-0.1, -0.05) is 18.0 Å². The molecule has 0 spiro atoms. The van der Waals surface area contributed by atoms with Gasteiger partial charge in [-0.15, -0.1) is 0 Å². The highest BCUT2D eigenvalue weighted by molar-refractivity contribution is 6.34. The van der Waals surface area contributed by atoms with Crippen LogP contribution in [0.5, 0.6) is 5.75 Å². The first-order valence-electron chi connectivity index (χ1n) is 9.19. The Bertz CT molecular complexity index is 693. The third-order valence-electron chi connectivity index (χ3n) is 5.25. The van der Waals surface area contributed by atoms with Gasteiger partial charge in [0.2, 0.25) is 5.91 Å². The molecule has 26 heavy (non-hydrogen) atoms. The van der Waals surface area contributed by atoms with Gasteiger partial charge in [-0.05, 0) is 44.8 Å². The molecule has 0 aliphatic carbocycles. The number of carbonyl (C=O) groups is 2. The molecule has 0 aromatic heterocycles. The Morgan fingerprint density at radius 1 is 1.19 bits per heavy atom. The van der Waals surface area contributed by atoms with E-state index in [1.165, 1.54) is 26.9 Å². The number of anilines is 1. The van der Waals surface area contributed by atoms with Gasteiger partial charge in [0.15, 0.2) is 0 Å². The highest BCUT2D eigenvalue weighted by Gasteiger charge is 2.34. The molecule has 142 valence electrons. The highest BCUT2D eigenvalue weighted by Crippen LogP contribution is 2.32. The average molecular weight is 380 g/mol. The molecule has 2 aliphatic rings. The van der Waals surface area contributed by atoms with Gasteiger partial charge < -0.3 is 15.4 Å². The van der Waals surface area contributed by atoms with Crippen molar-refractivity contribution in [2.45, 2.75) is 51.1 Å². The van der Waals surface area contributed by atoms with E-state index in [0.717, 1.165) is 32.4 Å². The van der Waals surface area contributed by atoms with Gasteiger partial charge in [-0.3, -0.25) is 14.5 Å². The number of rotatable bonds is 4. The van der Waals surface area contributed by atoms with Gasteiger partial charge >= 0.3 is 0 Å². The van der Waals surface area contributed by atoms with Crippen molar-refractivity contribution >= 4 is 29.1 Å². The predicted molar refractivity (Wildman–Crippen MR) is 102 cm³/mol. The first kappa shape index (κ1) is 19.0. The van der Waals surface area contributed by atoms with Crippen LogP contribution in [0.4, 0.5) is 5.69 Å².